The molecular formula is C34H42. The maximum Gasteiger partial charge on any atom is 0.00214 e. The van der Waals surface area contributed by atoms with Crippen LogP contribution in [0.25, 0.3) is 6.08 Å². The summed E-state index contributed by atoms with van der Waals surface area (Å²) in [5, 5.41) is 0. The molecule has 0 amide bonds. The van der Waals surface area contributed by atoms with Gasteiger partial charge in [-0.1, -0.05) is 110 Å². The van der Waals surface area contributed by atoms with Gasteiger partial charge in [-0.2, -0.15) is 0 Å². The van der Waals surface area contributed by atoms with Gasteiger partial charge in [0.1, 0.15) is 0 Å². The van der Waals surface area contributed by atoms with Gasteiger partial charge in [0.2, 0.25) is 0 Å². The van der Waals surface area contributed by atoms with E-state index in [1.807, 2.05) is 0 Å². The molecule has 0 fully saturated rings. The summed E-state index contributed by atoms with van der Waals surface area (Å²) in [6, 6.07) is 9.10. The highest BCUT2D eigenvalue weighted by Gasteiger charge is 2.23. The molecule has 1 aromatic carbocycles. The maximum absolute atomic E-state index is 2.58. The number of hydrogen-bond acceptors (Lipinski definition) is 0. The highest BCUT2D eigenvalue weighted by Crippen LogP contribution is 2.39. The van der Waals surface area contributed by atoms with Gasteiger partial charge >= 0.3 is 0 Å². The maximum atomic E-state index is 2.58. The van der Waals surface area contributed by atoms with Crippen molar-refractivity contribution in [1.82, 2.24) is 0 Å². The average molecular weight is 451 g/mol. The molecule has 1 aromatic rings. The zero-order valence-corrected chi connectivity index (χ0v) is 21.7. The summed E-state index contributed by atoms with van der Waals surface area (Å²) < 4.78 is 0. The largest absolute Gasteiger partial charge is 0.0871 e. The standard InChI is InChI=1S/C34H42/c1-5-9-28-11-8-13-33(24-28)31-22-20-29-17-14-25(3)34(26(4)15-18-30(29)21-23-31)32-12-7-10-27(6-2)16-19-32/h5,7-13,17,19,21,23-24,26,30-31H,6,14-16,18,20,22H2,1-4H3. The van der Waals surface area contributed by atoms with Gasteiger partial charge in [0.05, 0.1) is 0 Å². The molecule has 0 aromatic heterocycles. The highest BCUT2D eigenvalue weighted by molar-refractivity contribution is 5.51. The third-order valence-electron chi connectivity index (χ3n) is 7.98. The summed E-state index contributed by atoms with van der Waals surface area (Å²) >= 11 is 0. The van der Waals surface area contributed by atoms with Crippen LogP contribution >= 0.6 is 0 Å². The molecule has 3 aliphatic carbocycles. The van der Waals surface area contributed by atoms with Crippen molar-refractivity contribution in [3.63, 3.8) is 0 Å². The number of rotatable bonds is 4. The summed E-state index contributed by atoms with van der Waals surface area (Å²) in [4.78, 5) is 0. The molecule has 0 spiro atoms. The summed E-state index contributed by atoms with van der Waals surface area (Å²) in [5.74, 6) is 1.70. The predicted molar refractivity (Wildman–Crippen MR) is 150 cm³/mol. The van der Waals surface area contributed by atoms with Crippen LogP contribution in [0.4, 0.5) is 0 Å². The van der Waals surface area contributed by atoms with E-state index in [-0.39, 0.29) is 0 Å². The lowest BCUT2D eigenvalue weighted by Gasteiger charge is -2.21. The third-order valence-corrected chi connectivity index (χ3v) is 7.98. The summed E-state index contributed by atoms with van der Waals surface area (Å²) in [6.45, 7) is 9.18. The Hall–Kier alpha value is -2.60. The van der Waals surface area contributed by atoms with E-state index in [1.54, 1.807) is 16.7 Å². The van der Waals surface area contributed by atoms with Crippen molar-refractivity contribution in [2.75, 3.05) is 0 Å². The molecule has 0 heteroatoms. The lowest BCUT2D eigenvalue weighted by molar-refractivity contribution is 0.527. The Bertz CT molecular complexity index is 1080. The molecule has 3 aliphatic rings. The molecule has 0 heterocycles. The van der Waals surface area contributed by atoms with Crippen molar-refractivity contribution >= 4 is 6.08 Å². The van der Waals surface area contributed by atoms with Crippen molar-refractivity contribution in [2.45, 2.75) is 78.6 Å². The molecule has 0 saturated carbocycles. The Kier molecular flexibility index (Phi) is 8.44. The first-order chi connectivity index (χ1) is 16.6. The van der Waals surface area contributed by atoms with Crippen molar-refractivity contribution in [1.29, 1.82) is 0 Å². The SMILES string of the molecule is CC=Cc1cccc(C2C=CC3CCC(C)C(C4=CCC(CC)=CC=C4)=C(C)CC=C3CC2)c1. The van der Waals surface area contributed by atoms with Gasteiger partial charge < -0.3 is 0 Å². The van der Waals surface area contributed by atoms with Gasteiger partial charge in [-0.3, -0.25) is 0 Å². The molecule has 178 valence electrons. The third kappa shape index (κ3) is 5.90. The first-order valence-corrected chi connectivity index (χ1v) is 13.4. The molecule has 0 aliphatic heterocycles. The predicted octanol–water partition coefficient (Wildman–Crippen LogP) is 10.1. The molecular weight excluding hydrogens is 408 g/mol. The van der Waals surface area contributed by atoms with Crippen LogP contribution in [0.2, 0.25) is 0 Å². The topological polar surface area (TPSA) is 0 Å². The molecule has 0 nitrogen and oxygen atoms in total. The van der Waals surface area contributed by atoms with E-state index in [0.717, 1.165) is 19.3 Å². The Labute approximate surface area is 208 Å². The van der Waals surface area contributed by atoms with Crippen LogP contribution in [0.3, 0.4) is 0 Å². The first-order valence-electron chi connectivity index (χ1n) is 13.4. The van der Waals surface area contributed by atoms with Gasteiger partial charge in [-0.25, -0.2) is 0 Å². The minimum Gasteiger partial charge on any atom is -0.0871 e. The van der Waals surface area contributed by atoms with Crippen LogP contribution in [-0.4, -0.2) is 0 Å². The molecule has 0 bridgehead atoms. The second-order valence-electron chi connectivity index (χ2n) is 10.4. The number of hydrogen-bond donors (Lipinski definition) is 0. The van der Waals surface area contributed by atoms with Crippen molar-refractivity contribution in [3.05, 3.63) is 112 Å². The average Bonchev–Trinajstić information content (AvgIpc) is 3.18. The minimum absolute atomic E-state index is 0.521. The molecule has 0 N–H and O–H groups in total. The number of fused-ring (bicyclic) bond motifs is 1. The normalized spacial score (nSPS) is 26.0. The Morgan fingerprint density at radius 2 is 1.85 bits per heavy atom. The molecule has 3 unspecified atom stereocenters. The Morgan fingerprint density at radius 1 is 1.00 bits per heavy atom. The van der Waals surface area contributed by atoms with Crippen LogP contribution in [0.15, 0.2) is 101 Å². The second kappa shape index (κ2) is 11.7. The second-order valence-corrected chi connectivity index (χ2v) is 10.4. The van der Waals surface area contributed by atoms with Gasteiger partial charge in [0.15, 0.2) is 0 Å². The van der Waals surface area contributed by atoms with Crippen LogP contribution in [0, 0.1) is 11.8 Å². The van der Waals surface area contributed by atoms with Crippen molar-refractivity contribution < 1.29 is 0 Å². The van der Waals surface area contributed by atoms with Gasteiger partial charge in [-0.15, -0.1) is 0 Å². The lowest BCUT2D eigenvalue weighted by atomic mass is 9.84. The van der Waals surface area contributed by atoms with E-state index < -0.39 is 0 Å². The van der Waals surface area contributed by atoms with Crippen molar-refractivity contribution in [3.8, 4) is 0 Å². The molecule has 3 atom stereocenters. The fourth-order valence-corrected chi connectivity index (χ4v) is 5.94. The molecule has 4 rings (SSSR count). The monoisotopic (exact) mass is 450 g/mol. The van der Waals surface area contributed by atoms with E-state index in [0.29, 0.717) is 17.8 Å². The minimum atomic E-state index is 0.521. The number of allylic oxidation sites excluding steroid dienone is 13. The smallest absolute Gasteiger partial charge is 0.00214 e. The van der Waals surface area contributed by atoms with E-state index in [4.69, 9.17) is 0 Å². The van der Waals surface area contributed by atoms with E-state index >= 15 is 0 Å². The van der Waals surface area contributed by atoms with Gasteiger partial charge in [-0.05, 0) is 92.9 Å². The highest BCUT2D eigenvalue weighted by atomic mass is 14.3. The quantitative estimate of drug-likeness (QED) is 0.400. The number of benzene rings is 1. The van der Waals surface area contributed by atoms with Crippen LogP contribution in [0.5, 0.6) is 0 Å². The first kappa shape index (κ1) is 24.5. The Balaban J connectivity index is 1.55. The van der Waals surface area contributed by atoms with Crippen molar-refractivity contribution in [2.24, 2.45) is 11.8 Å². The zero-order chi connectivity index (χ0) is 23.9. The van der Waals surface area contributed by atoms with Gasteiger partial charge in [0, 0.05) is 5.92 Å². The lowest BCUT2D eigenvalue weighted by Crippen LogP contribution is -2.07. The van der Waals surface area contributed by atoms with E-state index in [2.05, 4.69) is 107 Å². The van der Waals surface area contributed by atoms with Crippen LogP contribution < -0.4 is 0 Å². The van der Waals surface area contributed by atoms with Crippen LogP contribution in [0.1, 0.15) is 89.7 Å². The summed E-state index contributed by atoms with van der Waals surface area (Å²) in [7, 11) is 0. The fraction of sp³-hybridized carbons (Fsp3) is 0.412. The van der Waals surface area contributed by atoms with E-state index in [1.165, 1.54) is 48.0 Å². The Morgan fingerprint density at radius 3 is 2.68 bits per heavy atom. The zero-order valence-electron chi connectivity index (χ0n) is 21.7. The molecule has 34 heavy (non-hydrogen) atoms. The van der Waals surface area contributed by atoms with Gasteiger partial charge in [0.25, 0.3) is 0 Å². The fourth-order valence-electron chi connectivity index (χ4n) is 5.94. The summed E-state index contributed by atoms with van der Waals surface area (Å²) in [6.07, 6.45) is 29.6. The molecule has 0 saturated heterocycles. The summed E-state index contributed by atoms with van der Waals surface area (Å²) in [5.41, 5.74) is 10.6. The molecule has 0 radical (unpaired) electrons. The van der Waals surface area contributed by atoms with E-state index in [9.17, 15) is 0 Å². The van der Waals surface area contributed by atoms with Crippen LogP contribution in [-0.2, 0) is 0 Å².